The maximum atomic E-state index is 12.7. The zero-order valence-electron chi connectivity index (χ0n) is 15.0. The molecule has 28 heavy (non-hydrogen) atoms. The molecule has 1 heterocycles. The van der Waals surface area contributed by atoms with Crippen LogP contribution in [0.25, 0.3) is 0 Å². The van der Waals surface area contributed by atoms with Crippen molar-refractivity contribution in [2.24, 2.45) is 0 Å². The molecule has 8 heteroatoms. The van der Waals surface area contributed by atoms with Crippen LogP contribution in [0.4, 0.5) is 21.9 Å². The Morgan fingerprint density at radius 1 is 0.786 bits per heavy atom. The first-order valence-electron chi connectivity index (χ1n) is 8.41. The van der Waals surface area contributed by atoms with E-state index in [1.54, 1.807) is 60.7 Å². The fraction of sp³-hybridized carbons (Fsp3) is 0.0500. The Labute approximate surface area is 165 Å². The van der Waals surface area contributed by atoms with Crippen LogP contribution in [0.3, 0.4) is 0 Å². The van der Waals surface area contributed by atoms with Crippen LogP contribution in [0.5, 0.6) is 0 Å². The number of rotatable bonds is 5. The van der Waals surface area contributed by atoms with Crippen LogP contribution >= 0.6 is 11.3 Å². The molecular weight excluding hydrogens is 376 g/mol. The molecule has 4 amide bonds. The van der Waals surface area contributed by atoms with Crippen LogP contribution < -0.4 is 21.3 Å². The average Bonchev–Trinajstić information content (AvgIpc) is 3.23. The first-order chi connectivity index (χ1) is 13.6. The Bertz CT molecular complexity index is 1000. The minimum Gasteiger partial charge on any atom is -0.341 e. The predicted molar refractivity (Wildman–Crippen MR) is 111 cm³/mol. The lowest BCUT2D eigenvalue weighted by Gasteiger charge is -2.12. The Hall–Kier alpha value is -3.65. The number of hydrogen-bond donors (Lipinski definition) is 4. The number of carbonyl (C=O) groups excluding carboxylic acids is 3. The van der Waals surface area contributed by atoms with E-state index in [1.165, 1.54) is 18.4 Å². The van der Waals surface area contributed by atoms with Crippen LogP contribution in [-0.4, -0.2) is 24.9 Å². The van der Waals surface area contributed by atoms with E-state index in [2.05, 4.69) is 21.3 Å². The van der Waals surface area contributed by atoms with Gasteiger partial charge >= 0.3 is 6.03 Å². The van der Waals surface area contributed by atoms with E-state index < -0.39 is 0 Å². The second-order valence-electron chi connectivity index (χ2n) is 5.72. The van der Waals surface area contributed by atoms with E-state index in [-0.39, 0.29) is 17.8 Å². The summed E-state index contributed by atoms with van der Waals surface area (Å²) in [6, 6.07) is 16.7. The van der Waals surface area contributed by atoms with Gasteiger partial charge in [-0.1, -0.05) is 24.3 Å². The summed E-state index contributed by atoms with van der Waals surface area (Å²) in [5.41, 5.74) is 1.80. The highest BCUT2D eigenvalue weighted by atomic mass is 32.1. The summed E-state index contributed by atoms with van der Waals surface area (Å²) in [5, 5.41) is 12.5. The molecule has 0 saturated heterocycles. The number of para-hydroxylation sites is 1. The zero-order valence-corrected chi connectivity index (χ0v) is 15.8. The van der Waals surface area contributed by atoms with Crippen molar-refractivity contribution >= 4 is 46.2 Å². The number of carbonyl (C=O) groups is 3. The van der Waals surface area contributed by atoms with Gasteiger partial charge in [-0.05, 0) is 41.8 Å². The van der Waals surface area contributed by atoms with Gasteiger partial charge in [-0.15, -0.1) is 11.3 Å². The molecule has 0 aliphatic heterocycles. The quantitative estimate of drug-likeness (QED) is 0.526. The molecule has 7 nitrogen and oxygen atoms in total. The topological polar surface area (TPSA) is 99.3 Å². The van der Waals surface area contributed by atoms with Gasteiger partial charge in [-0.2, -0.15) is 0 Å². The van der Waals surface area contributed by atoms with Gasteiger partial charge in [-0.3, -0.25) is 9.59 Å². The predicted octanol–water partition coefficient (Wildman–Crippen LogP) is 4.00. The first-order valence-corrected chi connectivity index (χ1v) is 9.29. The second-order valence-corrected chi connectivity index (χ2v) is 6.66. The van der Waals surface area contributed by atoms with E-state index in [1.807, 2.05) is 5.38 Å². The summed E-state index contributed by atoms with van der Waals surface area (Å²) < 4.78 is 0. The molecule has 4 N–H and O–H groups in total. The lowest BCUT2D eigenvalue weighted by molar-refractivity contribution is 0.102. The maximum absolute atomic E-state index is 12.7. The van der Waals surface area contributed by atoms with Crippen molar-refractivity contribution in [3.63, 3.8) is 0 Å². The Balaban J connectivity index is 1.75. The Kier molecular flexibility index (Phi) is 6.03. The fourth-order valence-corrected chi connectivity index (χ4v) is 3.07. The third-order valence-corrected chi connectivity index (χ3v) is 4.64. The molecule has 0 aliphatic rings. The summed E-state index contributed by atoms with van der Waals surface area (Å²) in [5.74, 6) is -0.647. The van der Waals surface area contributed by atoms with Gasteiger partial charge in [0, 0.05) is 18.4 Å². The van der Waals surface area contributed by atoms with Crippen molar-refractivity contribution in [3.8, 4) is 0 Å². The first kappa shape index (κ1) is 19.1. The minimum absolute atomic E-state index is 0.271. The number of amides is 4. The van der Waals surface area contributed by atoms with Crippen molar-refractivity contribution in [2.75, 3.05) is 23.0 Å². The molecule has 0 radical (unpaired) electrons. The zero-order chi connectivity index (χ0) is 19.9. The van der Waals surface area contributed by atoms with Crippen molar-refractivity contribution in [1.82, 2.24) is 5.32 Å². The number of hydrogen-bond acceptors (Lipinski definition) is 4. The van der Waals surface area contributed by atoms with Crippen molar-refractivity contribution in [1.29, 1.82) is 0 Å². The second kappa shape index (κ2) is 8.83. The number of nitrogens with one attached hydrogen (secondary N) is 4. The van der Waals surface area contributed by atoms with E-state index in [0.29, 0.717) is 27.5 Å². The SMILES string of the molecule is CNC(=O)Nc1cccc(NC(=O)c2ccccc2NC(=O)c2cccs2)c1. The number of thiophene rings is 1. The maximum Gasteiger partial charge on any atom is 0.318 e. The molecule has 2 aromatic carbocycles. The summed E-state index contributed by atoms with van der Waals surface area (Å²) in [7, 11) is 1.52. The van der Waals surface area contributed by atoms with Gasteiger partial charge in [0.2, 0.25) is 0 Å². The molecule has 0 aliphatic carbocycles. The van der Waals surface area contributed by atoms with Crippen molar-refractivity contribution < 1.29 is 14.4 Å². The van der Waals surface area contributed by atoms with Crippen LogP contribution in [0.15, 0.2) is 66.0 Å². The minimum atomic E-state index is -0.376. The summed E-state index contributed by atoms with van der Waals surface area (Å²) in [6.07, 6.45) is 0. The van der Waals surface area contributed by atoms with Gasteiger partial charge in [0.15, 0.2) is 0 Å². The van der Waals surface area contributed by atoms with E-state index in [4.69, 9.17) is 0 Å². The highest BCUT2D eigenvalue weighted by Gasteiger charge is 2.15. The van der Waals surface area contributed by atoms with Crippen molar-refractivity contribution in [2.45, 2.75) is 0 Å². The molecular formula is C20H18N4O3S. The number of urea groups is 1. The molecule has 0 saturated carbocycles. The third kappa shape index (κ3) is 4.74. The molecule has 0 unspecified atom stereocenters. The van der Waals surface area contributed by atoms with Crippen molar-refractivity contribution in [3.05, 3.63) is 76.5 Å². The largest absolute Gasteiger partial charge is 0.341 e. The van der Waals surface area contributed by atoms with Gasteiger partial charge in [0.25, 0.3) is 11.8 Å². The van der Waals surface area contributed by atoms with Crippen LogP contribution in [0.2, 0.25) is 0 Å². The van der Waals surface area contributed by atoms with Gasteiger partial charge in [0.1, 0.15) is 0 Å². The molecule has 0 fully saturated rings. The summed E-state index contributed by atoms with van der Waals surface area (Å²) in [4.78, 5) is 37.0. The number of anilines is 3. The molecule has 1 aromatic heterocycles. The van der Waals surface area contributed by atoms with Gasteiger partial charge in [0.05, 0.1) is 16.1 Å². The van der Waals surface area contributed by atoms with E-state index in [0.717, 1.165) is 0 Å². The number of benzene rings is 2. The lowest BCUT2D eigenvalue weighted by atomic mass is 10.1. The standard InChI is InChI=1S/C20H18N4O3S/c1-21-20(27)23-14-7-4-6-13(12-14)22-18(25)15-8-2-3-9-16(15)24-19(26)17-10-5-11-28-17/h2-12H,1H3,(H,22,25)(H,24,26)(H2,21,23,27). The molecule has 3 aromatic rings. The van der Waals surface area contributed by atoms with Crippen LogP contribution in [0.1, 0.15) is 20.0 Å². The van der Waals surface area contributed by atoms with Crippen LogP contribution in [-0.2, 0) is 0 Å². The molecule has 0 atom stereocenters. The monoisotopic (exact) mass is 394 g/mol. The molecule has 3 rings (SSSR count). The normalized spacial score (nSPS) is 10.0. The molecule has 142 valence electrons. The van der Waals surface area contributed by atoms with Gasteiger partial charge in [-0.25, -0.2) is 4.79 Å². The summed E-state index contributed by atoms with van der Waals surface area (Å²) in [6.45, 7) is 0. The Morgan fingerprint density at radius 2 is 1.54 bits per heavy atom. The Morgan fingerprint density at radius 3 is 2.25 bits per heavy atom. The smallest absolute Gasteiger partial charge is 0.318 e. The van der Waals surface area contributed by atoms with E-state index in [9.17, 15) is 14.4 Å². The highest BCUT2D eigenvalue weighted by Crippen LogP contribution is 2.21. The fourth-order valence-electron chi connectivity index (χ4n) is 2.45. The summed E-state index contributed by atoms with van der Waals surface area (Å²) >= 11 is 1.32. The average molecular weight is 394 g/mol. The highest BCUT2D eigenvalue weighted by molar-refractivity contribution is 7.12. The van der Waals surface area contributed by atoms with Crippen LogP contribution in [0, 0.1) is 0 Å². The van der Waals surface area contributed by atoms with E-state index >= 15 is 0 Å². The molecule has 0 spiro atoms. The molecule has 0 bridgehead atoms. The third-order valence-electron chi connectivity index (χ3n) is 3.77. The lowest BCUT2D eigenvalue weighted by Crippen LogP contribution is -2.24. The van der Waals surface area contributed by atoms with Gasteiger partial charge < -0.3 is 21.3 Å².